The number of aromatic nitrogens is 3. The number of halogens is 1. The van der Waals surface area contributed by atoms with Crippen LogP contribution in [0.4, 0.5) is 4.39 Å². The highest BCUT2D eigenvalue weighted by Gasteiger charge is 2.23. The molecule has 2 aromatic heterocycles. The normalized spacial score (nSPS) is 11.1. The molecule has 0 N–H and O–H groups in total. The Bertz CT molecular complexity index is 1010. The third-order valence-corrected chi connectivity index (χ3v) is 3.90. The van der Waals surface area contributed by atoms with Crippen LogP contribution in [0.25, 0.3) is 16.9 Å². The van der Waals surface area contributed by atoms with Crippen LogP contribution in [0.1, 0.15) is 30.9 Å². The predicted octanol–water partition coefficient (Wildman–Crippen LogP) is 2.83. The van der Waals surface area contributed by atoms with Gasteiger partial charge in [-0.05, 0) is 18.1 Å². The van der Waals surface area contributed by atoms with E-state index in [0.29, 0.717) is 22.5 Å². The van der Waals surface area contributed by atoms with E-state index in [1.54, 1.807) is 29.8 Å². The molecule has 0 unspecified atom stereocenters. The molecule has 2 heterocycles. The van der Waals surface area contributed by atoms with Gasteiger partial charge >= 0.3 is 0 Å². The lowest BCUT2D eigenvalue weighted by Crippen LogP contribution is -2.25. The molecule has 0 fully saturated rings. The van der Waals surface area contributed by atoms with Crippen LogP contribution in [0.5, 0.6) is 0 Å². The highest BCUT2D eigenvalue weighted by Crippen LogP contribution is 2.30. The Balaban J connectivity index is 2.57. The van der Waals surface area contributed by atoms with E-state index in [1.165, 1.54) is 16.8 Å². The number of hydrogen-bond acceptors (Lipinski definition) is 3. The molecule has 0 bridgehead atoms. The molecule has 0 atom stereocenters. The molecular formula is C17H15FN4O. The zero-order valence-corrected chi connectivity index (χ0v) is 13.0. The van der Waals surface area contributed by atoms with Crippen molar-refractivity contribution >= 4 is 5.65 Å². The first-order valence-corrected chi connectivity index (χ1v) is 7.23. The van der Waals surface area contributed by atoms with Crippen molar-refractivity contribution < 1.29 is 4.39 Å². The number of hydrogen-bond donors (Lipinski definition) is 0. The third kappa shape index (κ3) is 2.13. The largest absolute Gasteiger partial charge is 0.327 e. The van der Waals surface area contributed by atoms with Gasteiger partial charge in [0.2, 0.25) is 0 Å². The van der Waals surface area contributed by atoms with E-state index in [2.05, 4.69) is 5.10 Å². The Morgan fingerprint density at radius 3 is 2.61 bits per heavy atom. The van der Waals surface area contributed by atoms with Gasteiger partial charge in [-0.2, -0.15) is 14.9 Å². The fourth-order valence-electron chi connectivity index (χ4n) is 2.89. The zero-order chi connectivity index (χ0) is 16.7. The number of aryl methyl sites for hydroxylation is 1. The molecular weight excluding hydrogens is 295 g/mol. The second kappa shape index (κ2) is 5.36. The van der Waals surface area contributed by atoms with Crippen molar-refractivity contribution in [1.82, 2.24) is 14.2 Å². The molecule has 6 heteroatoms. The number of nitrogens with zero attached hydrogens (tertiary/aromatic N) is 4. The van der Waals surface area contributed by atoms with Crippen LogP contribution in [-0.2, 0) is 7.05 Å². The minimum absolute atomic E-state index is 0.123. The first kappa shape index (κ1) is 15.0. The monoisotopic (exact) mass is 310 g/mol. The molecule has 23 heavy (non-hydrogen) atoms. The van der Waals surface area contributed by atoms with Gasteiger partial charge in [0.25, 0.3) is 5.56 Å². The molecule has 5 nitrogen and oxygen atoms in total. The molecule has 1 aromatic carbocycles. The second-order valence-corrected chi connectivity index (χ2v) is 5.67. The number of rotatable bonds is 2. The van der Waals surface area contributed by atoms with Crippen LogP contribution in [0.2, 0.25) is 0 Å². The van der Waals surface area contributed by atoms with Crippen LogP contribution in [0.3, 0.4) is 0 Å². The van der Waals surface area contributed by atoms with Crippen LogP contribution in [-0.4, -0.2) is 14.2 Å². The SMILES string of the molecule is CC(C)c1c(-c2ccccc2F)n(C)c2c(C#N)cnn2c1=O. The Morgan fingerprint density at radius 1 is 1.30 bits per heavy atom. The number of fused-ring (bicyclic) bond motifs is 1. The predicted molar refractivity (Wildman–Crippen MR) is 84.6 cm³/mol. The summed E-state index contributed by atoms with van der Waals surface area (Å²) in [5.74, 6) is -0.533. The fourth-order valence-corrected chi connectivity index (χ4v) is 2.89. The van der Waals surface area contributed by atoms with Crippen molar-refractivity contribution in [1.29, 1.82) is 5.26 Å². The van der Waals surface area contributed by atoms with Crippen molar-refractivity contribution in [3.63, 3.8) is 0 Å². The fraction of sp³-hybridized carbons (Fsp3) is 0.235. The lowest BCUT2D eigenvalue weighted by molar-refractivity contribution is 0.628. The molecule has 3 rings (SSSR count). The summed E-state index contributed by atoms with van der Waals surface area (Å²) in [5.41, 5.74) is 1.60. The summed E-state index contributed by atoms with van der Waals surface area (Å²) in [6.07, 6.45) is 1.35. The maximum atomic E-state index is 14.3. The summed E-state index contributed by atoms with van der Waals surface area (Å²) < 4.78 is 17.2. The maximum Gasteiger partial charge on any atom is 0.278 e. The van der Waals surface area contributed by atoms with E-state index in [4.69, 9.17) is 0 Å². The number of benzene rings is 1. The van der Waals surface area contributed by atoms with Crippen LogP contribution >= 0.6 is 0 Å². The Hall–Kier alpha value is -2.94. The average molecular weight is 310 g/mol. The van der Waals surface area contributed by atoms with Crippen molar-refractivity contribution in [3.8, 4) is 17.3 Å². The molecule has 0 saturated carbocycles. The van der Waals surface area contributed by atoms with Crippen LogP contribution in [0, 0.1) is 17.1 Å². The second-order valence-electron chi connectivity index (χ2n) is 5.67. The molecule has 0 aliphatic carbocycles. The molecule has 0 aliphatic heterocycles. The van der Waals surface area contributed by atoms with Crippen molar-refractivity contribution in [2.45, 2.75) is 19.8 Å². The van der Waals surface area contributed by atoms with E-state index >= 15 is 0 Å². The van der Waals surface area contributed by atoms with Crippen molar-refractivity contribution in [2.75, 3.05) is 0 Å². The van der Waals surface area contributed by atoms with Crippen molar-refractivity contribution in [2.24, 2.45) is 7.05 Å². The van der Waals surface area contributed by atoms with Gasteiger partial charge in [0.15, 0.2) is 5.65 Å². The summed E-state index contributed by atoms with van der Waals surface area (Å²) in [6, 6.07) is 8.34. The van der Waals surface area contributed by atoms with E-state index in [1.807, 2.05) is 19.9 Å². The zero-order valence-electron chi connectivity index (χ0n) is 13.0. The summed E-state index contributed by atoms with van der Waals surface area (Å²) in [5, 5.41) is 13.3. The first-order chi connectivity index (χ1) is 11.0. The highest BCUT2D eigenvalue weighted by molar-refractivity contribution is 5.69. The Morgan fingerprint density at radius 2 is 2.00 bits per heavy atom. The minimum atomic E-state index is -0.410. The molecule has 0 amide bonds. The van der Waals surface area contributed by atoms with Gasteiger partial charge in [0.1, 0.15) is 17.4 Å². The van der Waals surface area contributed by atoms with E-state index in [-0.39, 0.29) is 17.0 Å². The molecule has 0 radical (unpaired) electrons. The average Bonchev–Trinajstić information content (AvgIpc) is 2.95. The topological polar surface area (TPSA) is 63.1 Å². The Labute approximate surface area is 132 Å². The van der Waals surface area contributed by atoms with Gasteiger partial charge in [0.05, 0.1) is 11.9 Å². The molecule has 3 aromatic rings. The molecule has 116 valence electrons. The summed E-state index contributed by atoms with van der Waals surface area (Å²) in [7, 11) is 1.71. The van der Waals surface area contributed by atoms with Gasteiger partial charge in [-0.1, -0.05) is 26.0 Å². The lowest BCUT2D eigenvalue weighted by Gasteiger charge is -2.18. The van der Waals surface area contributed by atoms with Gasteiger partial charge in [-0.3, -0.25) is 4.79 Å². The van der Waals surface area contributed by atoms with Gasteiger partial charge in [-0.15, -0.1) is 0 Å². The molecule has 0 aliphatic rings. The first-order valence-electron chi connectivity index (χ1n) is 7.23. The Kier molecular flexibility index (Phi) is 3.49. The molecule has 0 saturated heterocycles. The van der Waals surface area contributed by atoms with Gasteiger partial charge in [-0.25, -0.2) is 4.39 Å². The molecule has 0 spiro atoms. The summed E-state index contributed by atoms with van der Waals surface area (Å²) >= 11 is 0. The van der Waals surface area contributed by atoms with E-state index in [0.717, 1.165) is 0 Å². The summed E-state index contributed by atoms with van der Waals surface area (Å²) in [6.45, 7) is 3.75. The van der Waals surface area contributed by atoms with Crippen LogP contribution in [0.15, 0.2) is 35.3 Å². The van der Waals surface area contributed by atoms with Gasteiger partial charge in [0, 0.05) is 18.2 Å². The maximum absolute atomic E-state index is 14.3. The van der Waals surface area contributed by atoms with Gasteiger partial charge < -0.3 is 4.57 Å². The number of nitriles is 1. The van der Waals surface area contributed by atoms with E-state index < -0.39 is 5.82 Å². The quantitative estimate of drug-likeness (QED) is 0.731. The standard InChI is InChI=1S/C17H15FN4O/c1-10(2)14-15(12-6-4-5-7-13(12)18)21(3)16-11(8-19)9-20-22(16)17(14)23/h4-7,9-10H,1-3H3. The summed E-state index contributed by atoms with van der Waals surface area (Å²) in [4.78, 5) is 12.8. The van der Waals surface area contributed by atoms with Crippen LogP contribution < -0.4 is 5.56 Å². The lowest BCUT2D eigenvalue weighted by atomic mass is 9.97. The third-order valence-electron chi connectivity index (χ3n) is 3.90. The smallest absolute Gasteiger partial charge is 0.278 e. The highest BCUT2D eigenvalue weighted by atomic mass is 19.1. The van der Waals surface area contributed by atoms with Crippen molar-refractivity contribution in [3.05, 3.63) is 57.8 Å². The van der Waals surface area contributed by atoms with E-state index in [9.17, 15) is 14.4 Å². The minimum Gasteiger partial charge on any atom is -0.327 e.